The third-order valence-electron chi connectivity index (χ3n) is 4.77. The van der Waals surface area contributed by atoms with E-state index in [1.54, 1.807) is 18.2 Å². The van der Waals surface area contributed by atoms with Gasteiger partial charge in [-0.25, -0.2) is 8.78 Å². The molecule has 0 heterocycles. The van der Waals surface area contributed by atoms with Gasteiger partial charge in [0.2, 0.25) is 5.91 Å². The zero-order valence-electron chi connectivity index (χ0n) is 13.9. The van der Waals surface area contributed by atoms with Crippen LogP contribution in [0.3, 0.4) is 0 Å². The SMILES string of the molecule is CC1C=CC=C(Cl)C1C(Nc1cccc(F)c1)C(=O)NC1CC(F)C1. The number of hydrogen-bond acceptors (Lipinski definition) is 2. The monoisotopic (exact) mass is 366 g/mol. The molecule has 3 unspecified atom stereocenters. The largest absolute Gasteiger partial charge is 0.373 e. The lowest BCUT2D eigenvalue weighted by Gasteiger charge is -2.36. The number of rotatable bonds is 5. The van der Waals surface area contributed by atoms with Crippen LogP contribution in [0.5, 0.6) is 0 Å². The lowest BCUT2D eigenvalue weighted by Crippen LogP contribution is -2.53. The van der Waals surface area contributed by atoms with Gasteiger partial charge in [-0.05, 0) is 43.0 Å². The van der Waals surface area contributed by atoms with Crippen molar-refractivity contribution in [3.8, 4) is 0 Å². The predicted molar refractivity (Wildman–Crippen MR) is 95.6 cm³/mol. The van der Waals surface area contributed by atoms with E-state index >= 15 is 0 Å². The Balaban J connectivity index is 1.81. The van der Waals surface area contributed by atoms with Crippen molar-refractivity contribution >= 4 is 23.2 Å². The Kier molecular flexibility index (Phi) is 5.42. The zero-order valence-corrected chi connectivity index (χ0v) is 14.6. The number of alkyl halides is 1. The van der Waals surface area contributed by atoms with Crippen molar-refractivity contribution in [2.75, 3.05) is 5.32 Å². The molecule has 0 bridgehead atoms. The van der Waals surface area contributed by atoms with Gasteiger partial charge in [-0.15, -0.1) is 0 Å². The maximum Gasteiger partial charge on any atom is 0.243 e. The van der Waals surface area contributed by atoms with Gasteiger partial charge in [-0.3, -0.25) is 4.79 Å². The highest BCUT2D eigenvalue weighted by atomic mass is 35.5. The van der Waals surface area contributed by atoms with E-state index in [4.69, 9.17) is 11.6 Å². The molecule has 25 heavy (non-hydrogen) atoms. The fraction of sp³-hybridized carbons (Fsp3) is 0.421. The number of amides is 1. The van der Waals surface area contributed by atoms with Gasteiger partial charge in [-0.2, -0.15) is 0 Å². The van der Waals surface area contributed by atoms with Crippen LogP contribution in [-0.4, -0.2) is 24.2 Å². The van der Waals surface area contributed by atoms with Gasteiger partial charge >= 0.3 is 0 Å². The predicted octanol–water partition coefficient (Wildman–Crippen LogP) is 4.17. The van der Waals surface area contributed by atoms with Crippen molar-refractivity contribution in [3.05, 3.63) is 53.3 Å². The summed E-state index contributed by atoms with van der Waals surface area (Å²) < 4.78 is 26.5. The van der Waals surface area contributed by atoms with Crippen molar-refractivity contribution in [1.82, 2.24) is 5.32 Å². The van der Waals surface area contributed by atoms with Crippen LogP contribution in [0.2, 0.25) is 0 Å². The number of allylic oxidation sites excluding steroid dienone is 3. The van der Waals surface area contributed by atoms with Gasteiger partial charge in [0, 0.05) is 22.7 Å². The van der Waals surface area contributed by atoms with Crippen molar-refractivity contribution in [2.45, 2.75) is 38.0 Å². The van der Waals surface area contributed by atoms with E-state index in [1.807, 2.05) is 19.1 Å². The summed E-state index contributed by atoms with van der Waals surface area (Å²) in [6.45, 7) is 1.98. The highest BCUT2D eigenvalue weighted by Gasteiger charge is 2.38. The first-order valence-corrected chi connectivity index (χ1v) is 8.82. The number of hydrogen-bond donors (Lipinski definition) is 2. The highest BCUT2D eigenvalue weighted by molar-refractivity contribution is 6.30. The lowest BCUT2D eigenvalue weighted by atomic mass is 9.82. The number of nitrogens with one attached hydrogen (secondary N) is 2. The quantitative estimate of drug-likeness (QED) is 0.821. The molecule has 2 N–H and O–H groups in total. The Bertz CT molecular complexity index is 700. The lowest BCUT2D eigenvalue weighted by molar-refractivity contribution is -0.124. The van der Waals surface area contributed by atoms with Gasteiger partial charge in [0.1, 0.15) is 18.0 Å². The molecule has 0 radical (unpaired) electrons. The molecule has 3 atom stereocenters. The molecule has 0 aliphatic heterocycles. The molecule has 1 saturated carbocycles. The van der Waals surface area contributed by atoms with E-state index in [1.165, 1.54) is 12.1 Å². The molecule has 2 aliphatic carbocycles. The first-order valence-electron chi connectivity index (χ1n) is 8.44. The van der Waals surface area contributed by atoms with Crippen LogP contribution in [0.15, 0.2) is 47.5 Å². The highest BCUT2D eigenvalue weighted by Crippen LogP contribution is 2.34. The van der Waals surface area contributed by atoms with Crippen LogP contribution in [-0.2, 0) is 4.79 Å². The van der Waals surface area contributed by atoms with Crippen molar-refractivity contribution in [2.24, 2.45) is 11.8 Å². The number of halogens is 3. The van der Waals surface area contributed by atoms with E-state index in [-0.39, 0.29) is 29.6 Å². The number of anilines is 1. The minimum absolute atomic E-state index is 0.0321. The van der Waals surface area contributed by atoms with Crippen LogP contribution >= 0.6 is 11.6 Å². The molecule has 1 fully saturated rings. The van der Waals surface area contributed by atoms with Gasteiger partial charge in [0.15, 0.2) is 0 Å². The molecule has 3 nitrogen and oxygen atoms in total. The summed E-state index contributed by atoms with van der Waals surface area (Å²) >= 11 is 6.38. The van der Waals surface area contributed by atoms with Crippen LogP contribution in [0.25, 0.3) is 0 Å². The molecule has 6 heteroatoms. The van der Waals surface area contributed by atoms with Gasteiger partial charge in [-0.1, -0.05) is 36.7 Å². The Morgan fingerprint density at radius 1 is 1.36 bits per heavy atom. The molecule has 0 aromatic heterocycles. The van der Waals surface area contributed by atoms with Crippen LogP contribution < -0.4 is 10.6 Å². The summed E-state index contributed by atoms with van der Waals surface area (Å²) in [5.41, 5.74) is 0.503. The van der Waals surface area contributed by atoms with Crippen LogP contribution in [0, 0.1) is 17.7 Å². The maximum absolute atomic E-state index is 13.5. The molecule has 0 spiro atoms. The molecule has 1 aromatic carbocycles. The van der Waals surface area contributed by atoms with E-state index in [9.17, 15) is 13.6 Å². The maximum atomic E-state index is 13.5. The standard InChI is InChI=1S/C19H21ClF2N2O/c1-11-4-2-7-16(20)17(11)18(19(25)24-15-9-13(22)10-15)23-14-6-3-5-12(21)8-14/h2-8,11,13,15,17-18,23H,9-10H2,1H3,(H,24,25). The Morgan fingerprint density at radius 3 is 2.76 bits per heavy atom. The molecule has 0 saturated heterocycles. The van der Waals surface area contributed by atoms with E-state index in [0.717, 1.165) is 0 Å². The smallest absolute Gasteiger partial charge is 0.243 e. The Hall–Kier alpha value is -1.88. The summed E-state index contributed by atoms with van der Waals surface area (Å²) in [5.74, 6) is -0.887. The van der Waals surface area contributed by atoms with Crippen molar-refractivity contribution < 1.29 is 13.6 Å². The molecule has 2 aliphatic rings. The molecule has 1 amide bonds. The molecule has 3 rings (SSSR count). The van der Waals surface area contributed by atoms with Crippen molar-refractivity contribution in [1.29, 1.82) is 0 Å². The van der Waals surface area contributed by atoms with Crippen LogP contribution in [0.4, 0.5) is 14.5 Å². The summed E-state index contributed by atoms with van der Waals surface area (Å²) in [5, 5.41) is 6.55. The summed E-state index contributed by atoms with van der Waals surface area (Å²) in [6.07, 6.45) is 5.43. The minimum Gasteiger partial charge on any atom is -0.373 e. The fourth-order valence-electron chi connectivity index (χ4n) is 3.30. The van der Waals surface area contributed by atoms with Crippen LogP contribution in [0.1, 0.15) is 19.8 Å². The van der Waals surface area contributed by atoms with E-state index < -0.39 is 12.2 Å². The Morgan fingerprint density at radius 2 is 2.12 bits per heavy atom. The average Bonchev–Trinajstić information content (AvgIpc) is 2.52. The second kappa shape index (κ2) is 7.56. The topological polar surface area (TPSA) is 41.1 Å². The van der Waals surface area contributed by atoms with Crippen molar-refractivity contribution in [3.63, 3.8) is 0 Å². The van der Waals surface area contributed by atoms with E-state index in [0.29, 0.717) is 23.6 Å². The molecular weight excluding hydrogens is 346 g/mol. The molecule has 1 aromatic rings. The summed E-state index contributed by atoms with van der Waals surface area (Å²) in [4.78, 5) is 12.8. The average molecular weight is 367 g/mol. The fourth-order valence-corrected chi connectivity index (χ4v) is 3.70. The Labute approximate surface area is 151 Å². The zero-order chi connectivity index (χ0) is 18.0. The van der Waals surface area contributed by atoms with Gasteiger partial charge < -0.3 is 10.6 Å². The number of carbonyl (C=O) groups excluding carboxylic acids is 1. The third-order valence-corrected chi connectivity index (χ3v) is 5.15. The number of carbonyl (C=O) groups is 1. The minimum atomic E-state index is -0.847. The summed E-state index contributed by atoms with van der Waals surface area (Å²) in [6, 6.07) is 5.12. The molecular formula is C19H21ClF2N2O. The first kappa shape index (κ1) is 17.9. The first-order chi connectivity index (χ1) is 11.9. The third kappa shape index (κ3) is 4.21. The number of benzene rings is 1. The molecule has 134 valence electrons. The second-order valence-electron chi connectivity index (χ2n) is 6.73. The van der Waals surface area contributed by atoms with Gasteiger partial charge in [0.25, 0.3) is 0 Å². The normalized spacial score (nSPS) is 29.4. The van der Waals surface area contributed by atoms with Gasteiger partial charge in [0.05, 0.1) is 0 Å². The second-order valence-corrected chi connectivity index (χ2v) is 7.16. The summed E-state index contributed by atoms with van der Waals surface area (Å²) in [7, 11) is 0. The van der Waals surface area contributed by atoms with E-state index in [2.05, 4.69) is 10.6 Å².